The van der Waals surface area contributed by atoms with E-state index >= 15 is 0 Å². The van der Waals surface area contributed by atoms with Gasteiger partial charge in [-0.1, -0.05) is 11.6 Å². The highest BCUT2D eigenvalue weighted by atomic mass is 35.5. The summed E-state index contributed by atoms with van der Waals surface area (Å²) >= 11 is 6.18. The highest BCUT2D eigenvalue weighted by Gasteiger charge is 2.28. The number of halogens is 3. The van der Waals surface area contributed by atoms with Gasteiger partial charge in [0.2, 0.25) is 0 Å². The maximum atomic E-state index is 13.9. The van der Waals surface area contributed by atoms with Gasteiger partial charge in [0.1, 0.15) is 23.2 Å². The van der Waals surface area contributed by atoms with E-state index < -0.39 is 29.9 Å². The number of rotatable bonds is 10. The number of carbonyl (C=O) groups excluding carboxylic acids is 3. The van der Waals surface area contributed by atoms with Gasteiger partial charge >= 0.3 is 0 Å². The molecule has 0 atom stereocenters. The van der Waals surface area contributed by atoms with Crippen LogP contribution in [0.2, 0.25) is 5.02 Å². The lowest BCUT2D eigenvalue weighted by Crippen LogP contribution is -2.38. The zero-order chi connectivity index (χ0) is 29.4. The van der Waals surface area contributed by atoms with E-state index in [2.05, 4.69) is 20.0 Å². The molecule has 13 heteroatoms. The normalized spacial score (nSPS) is 17.6. The zero-order valence-electron chi connectivity index (χ0n) is 22.0. The quantitative estimate of drug-likeness (QED) is 0.0978. The second-order valence-corrected chi connectivity index (χ2v) is 9.86. The van der Waals surface area contributed by atoms with Crippen LogP contribution in [0.4, 0.5) is 14.6 Å². The van der Waals surface area contributed by atoms with Crippen molar-refractivity contribution in [1.29, 1.82) is 0 Å². The third-order valence-electron chi connectivity index (χ3n) is 6.65. The molecule has 2 aromatic rings. The fraction of sp³-hybridized carbons (Fsp3) is 0.370. The molecule has 1 aromatic heterocycles. The number of hydrogen-bond acceptors (Lipinski definition) is 7. The Labute approximate surface area is 234 Å². The van der Waals surface area contributed by atoms with E-state index in [-0.39, 0.29) is 51.8 Å². The van der Waals surface area contributed by atoms with Crippen molar-refractivity contribution in [3.8, 4) is 0 Å². The Morgan fingerprint density at radius 3 is 2.40 bits per heavy atom. The highest BCUT2D eigenvalue weighted by Crippen LogP contribution is 2.28. The SMILES string of the molecule is CC(=O)C1CCC(N=C(C)C(=CN)C(=O)N(CC(=O)c2c(Cl)ccnc2N=[N+]=[N-])Cc2cc(F)cc(F)c2)CC1. The predicted molar refractivity (Wildman–Crippen MR) is 146 cm³/mol. The molecule has 210 valence electrons. The van der Waals surface area contributed by atoms with Crippen molar-refractivity contribution in [2.45, 2.75) is 52.1 Å². The number of nitrogens with two attached hydrogens (primary N) is 1. The summed E-state index contributed by atoms with van der Waals surface area (Å²) in [4.78, 5) is 50.9. The molecule has 0 aliphatic heterocycles. The van der Waals surface area contributed by atoms with Crippen LogP contribution in [0.15, 0.2) is 52.3 Å². The first-order valence-corrected chi connectivity index (χ1v) is 12.9. The van der Waals surface area contributed by atoms with Crippen molar-refractivity contribution < 1.29 is 23.2 Å². The van der Waals surface area contributed by atoms with Gasteiger partial charge in [-0.15, -0.1) is 0 Å². The van der Waals surface area contributed by atoms with Gasteiger partial charge in [-0.05, 0) is 73.9 Å². The van der Waals surface area contributed by atoms with Crippen molar-refractivity contribution in [3.63, 3.8) is 0 Å². The minimum absolute atomic E-state index is 0.000589. The van der Waals surface area contributed by atoms with E-state index in [0.717, 1.165) is 23.2 Å². The number of aromatic nitrogens is 1. The van der Waals surface area contributed by atoms with Gasteiger partial charge in [-0.2, -0.15) is 0 Å². The summed E-state index contributed by atoms with van der Waals surface area (Å²) in [7, 11) is 0. The minimum atomic E-state index is -0.858. The van der Waals surface area contributed by atoms with Crippen LogP contribution in [0.5, 0.6) is 0 Å². The average Bonchev–Trinajstić information content (AvgIpc) is 2.88. The van der Waals surface area contributed by atoms with Gasteiger partial charge < -0.3 is 10.6 Å². The van der Waals surface area contributed by atoms with Crippen LogP contribution in [0, 0.1) is 17.6 Å². The first kappa shape index (κ1) is 30.4. The predicted octanol–water partition coefficient (Wildman–Crippen LogP) is 5.62. The average molecular weight is 572 g/mol. The van der Waals surface area contributed by atoms with Crippen LogP contribution in [0.3, 0.4) is 0 Å². The molecule has 0 spiro atoms. The molecule has 0 unspecified atom stereocenters. The van der Waals surface area contributed by atoms with Gasteiger partial charge in [-0.3, -0.25) is 24.4 Å². The molecular formula is C27H28ClF2N7O3. The maximum Gasteiger partial charge on any atom is 0.257 e. The largest absolute Gasteiger partial charge is 0.404 e. The lowest BCUT2D eigenvalue weighted by molar-refractivity contribution is -0.126. The third kappa shape index (κ3) is 7.71. The third-order valence-corrected chi connectivity index (χ3v) is 6.97. The fourth-order valence-corrected chi connectivity index (χ4v) is 4.90. The maximum absolute atomic E-state index is 13.9. The molecule has 40 heavy (non-hydrogen) atoms. The number of hydrogen-bond donors (Lipinski definition) is 1. The Morgan fingerprint density at radius 1 is 1.18 bits per heavy atom. The summed E-state index contributed by atoms with van der Waals surface area (Å²) in [6.45, 7) is 2.21. The topological polar surface area (TPSA) is 154 Å². The first-order chi connectivity index (χ1) is 19.0. The number of nitrogens with zero attached hydrogens (tertiary/aromatic N) is 6. The van der Waals surface area contributed by atoms with Crippen molar-refractivity contribution in [2.24, 2.45) is 21.8 Å². The fourth-order valence-electron chi connectivity index (χ4n) is 4.65. The number of azide groups is 1. The van der Waals surface area contributed by atoms with E-state index in [1.54, 1.807) is 13.8 Å². The van der Waals surface area contributed by atoms with Crippen LogP contribution in [-0.4, -0.2) is 45.7 Å². The van der Waals surface area contributed by atoms with Crippen molar-refractivity contribution in [1.82, 2.24) is 9.88 Å². The minimum Gasteiger partial charge on any atom is -0.404 e. The highest BCUT2D eigenvalue weighted by molar-refractivity contribution is 6.34. The van der Waals surface area contributed by atoms with Crippen LogP contribution in [0.25, 0.3) is 10.4 Å². The standard InChI is InChI=1S/C27H28ClF2N7O3/c1-15(34-21-5-3-18(4-6-21)16(2)38)22(12-31)27(40)37(13-17-9-19(29)11-20(30)10-17)14-24(39)25-23(28)7-8-33-26(25)35-36-32/h7-12,18,21H,3-6,13-14,31H2,1-2H3. The van der Waals surface area contributed by atoms with Gasteiger partial charge in [0.15, 0.2) is 5.78 Å². The summed E-state index contributed by atoms with van der Waals surface area (Å²) in [5.74, 6) is -3.29. The Morgan fingerprint density at radius 2 is 1.82 bits per heavy atom. The number of benzene rings is 1. The summed E-state index contributed by atoms with van der Waals surface area (Å²) in [5.41, 5.74) is 14.9. The molecule has 1 saturated carbocycles. The monoisotopic (exact) mass is 571 g/mol. The molecule has 3 rings (SSSR count). The van der Waals surface area contributed by atoms with Crippen LogP contribution in [-0.2, 0) is 16.1 Å². The molecule has 10 nitrogen and oxygen atoms in total. The van der Waals surface area contributed by atoms with Crippen LogP contribution < -0.4 is 5.73 Å². The first-order valence-electron chi connectivity index (χ1n) is 12.5. The van der Waals surface area contributed by atoms with Gasteiger partial charge in [-0.25, -0.2) is 8.78 Å². The molecule has 1 fully saturated rings. The van der Waals surface area contributed by atoms with Crippen molar-refractivity contribution in [3.05, 3.63) is 80.5 Å². The van der Waals surface area contributed by atoms with Crippen LogP contribution in [0.1, 0.15) is 55.5 Å². The Balaban J connectivity index is 1.93. The summed E-state index contributed by atoms with van der Waals surface area (Å²) in [5, 5.41) is 3.34. The van der Waals surface area contributed by atoms with Gasteiger partial charge in [0, 0.05) is 41.5 Å². The van der Waals surface area contributed by atoms with E-state index in [1.807, 2.05) is 0 Å². The summed E-state index contributed by atoms with van der Waals surface area (Å²) in [6.07, 6.45) is 5.03. The van der Waals surface area contributed by atoms with Crippen molar-refractivity contribution >= 4 is 40.6 Å². The summed E-state index contributed by atoms with van der Waals surface area (Å²) in [6, 6.07) is 3.96. The van der Waals surface area contributed by atoms with E-state index in [0.29, 0.717) is 37.5 Å². The molecule has 2 N–H and O–H groups in total. The lowest BCUT2D eigenvalue weighted by Gasteiger charge is -2.26. The van der Waals surface area contributed by atoms with Crippen LogP contribution >= 0.6 is 11.6 Å². The molecule has 1 aromatic carbocycles. The number of Topliss-reactive ketones (excluding diaryl/α,β-unsaturated/α-hetero) is 2. The lowest BCUT2D eigenvalue weighted by atomic mass is 9.84. The Kier molecular flexibility index (Phi) is 10.5. The second-order valence-electron chi connectivity index (χ2n) is 9.45. The van der Waals surface area contributed by atoms with Gasteiger partial charge in [0.25, 0.3) is 5.91 Å². The molecular weight excluding hydrogens is 544 g/mol. The van der Waals surface area contributed by atoms with E-state index in [1.165, 1.54) is 12.3 Å². The molecule has 1 amide bonds. The number of aliphatic imine (C=N–C) groups is 1. The van der Waals surface area contributed by atoms with Crippen molar-refractivity contribution in [2.75, 3.05) is 6.54 Å². The Hall–Kier alpha value is -4.15. The number of amides is 1. The van der Waals surface area contributed by atoms with E-state index in [9.17, 15) is 23.2 Å². The number of carbonyl (C=O) groups is 3. The van der Waals surface area contributed by atoms with Gasteiger partial charge in [0.05, 0.1) is 28.7 Å². The molecule has 1 aliphatic carbocycles. The molecule has 0 bridgehead atoms. The smallest absolute Gasteiger partial charge is 0.257 e. The Bertz CT molecular complexity index is 1390. The molecule has 0 saturated heterocycles. The summed E-state index contributed by atoms with van der Waals surface area (Å²) < 4.78 is 27.9. The zero-order valence-corrected chi connectivity index (χ0v) is 22.7. The second kappa shape index (κ2) is 13.8. The number of pyridine rings is 1. The molecule has 1 heterocycles. The number of ketones is 2. The molecule has 1 aliphatic rings. The molecule has 0 radical (unpaired) electrons. The van der Waals surface area contributed by atoms with E-state index in [4.69, 9.17) is 22.9 Å².